The highest BCUT2D eigenvalue weighted by Gasteiger charge is 2.28. The second kappa shape index (κ2) is 5.75. The zero-order valence-corrected chi connectivity index (χ0v) is 11.6. The van der Waals surface area contributed by atoms with Gasteiger partial charge in [0.05, 0.1) is 5.60 Å². The molecule has 1 aliphatic carbocycles. The Morgan fingerprint density at radius 1 is 1.22 bits per heavy atom. The summed E-state index contributed by atoms with van der Waals surface area (Å²) in [6.07, 6.45) is 5.45. The fourth-order valence-corrected chi connectivity index (χ4v) is 2.66. The number of anilines is 1. The summed E-state index contributed by atoms with van der Waals surface area (Å²) < 4.78 is 0. The monoisotopic (exact) mass is 247 g/mol. The van der Waals surface area contributed by atoms with Crippen molar-refractivity contribution in [3.63, 3.8) is 0 Å². The molecule has 0 radical (unpaired) electrons. The van der Waals surface area contributed by atoms with Gasteiger partial charge in [0, 0.05) is 12.2 Å². The molecule has 0 amide bonds. The van der Waals surface area contributed by atoms with Crippen LogP contribution < -0.4 is 5.32 Å². The summed E-state index contributed by atoms with van der Waals surface area (Å²) in [5.74, 6) is 0.546. The van der Waals surface area contributed by atoms with Gasteiger partial charge in [-0.3, -0.25) is 0 Å². The second-order valence-corrected chi connectivity index (χ2v) is 5.92. The predicted octanol–water partition coefficient (Wildman–Crippen LogP) is 3.92. The summed E-state index contributed by atoms with van der Waals surface area (Å²) in [4.78, 5) is 0. The third-order valence-electron chi connectivity index (χ3n) is 3.96. The fraction of sp³-hybridized carbons (Fsp3) is 0.625. The predicted molar refractivity (Wildman–Crippen MR) is 77.1 cm³/mol. The average Bonchev–Trinajstić information content (AvgIpc) is 2.38. The van der Waals surface area contributed by atoms with Crippen molar-refractivity contribution in [2.45, 2.75) is 57.5 Å². The maximum Gasteiger partial charge on any atom is 0.0819 e. The van der Waals surface area contributed by atoms with Gasteiger partial charge in [-0.05, 0) is 36.5 Å². The van der Waals surface area contributed by atoms with Crippen LogP contribution in [0.4, 0.5) is 5.69 Å². The molecule has 2 heteroatoms. The van der Waals surface area contributed by atoms with Gasteiger partial charge in [0.15, 0.2) is 0 Å². The van der Waals surface area contributed by atoms with Crippen molar-refractivity contribution in [1.82, 2.24) is 0 Å². The molecule has 1 aromatic carbocycles. The first-order chi connectivity index (χ1) is 8.59. The Morgan fingerprint density at radius 3 is 2.61 bits per heavy atom. The summed E-state index contributed by atoms with van der Waals surface area (Å²) in [5, 5.41) is 13.8. The van der Waals surface area contributed by atoms with Crippen molar-refractivity contribution in [1.29, 1.82) is 0 Å². The third-order valence-corrected chi connectivity index (χ3v) is 3.96. The van der Waals surface area contributed by atoms with E-state index in [2.05, 4.69) is 43.4 Å². The van der Waals surface area contributed by atoms with Crippen molar-refractivity contribution in [2.24, 2.45) is 0 Å². The molecule has 2 N–H and O–H groups in total. The molecular formula is C16H25NO. The maximum atomic E-state index is 10.4. The molecule has 100 valence electrons. The van der Waals surface area contributed by atoms with Crippen molar-refractivity contribution in [3.05, 3.63) is 29.8 Å². The molecule has 0 aliphatic heterocycles. The van der Waals surface area contributed by atoms with E-state index >= 15 is 0 Å². The van der Waals surface area contributed by atoms with E-state index in [1.54, 1.807) is 0 Å². The van der Waals surface area contributed by atoms with Crippen molar-refractivity contribution >= 4 is 5.69 Å². The normalized spacial score (nSPS) is 18.9. The van der Waals surface area contributed by atoms with Gasteiger partial charge in [-0.15, -0.1) is 0 Å². The molecule has 1 saturated carbocycles. The van der Waals surface area contributed by atoms with Crippen LogP contribution in [-0.2, 0) is 0 Å². The van der Waals surface area contributed by atoms with Crippen molar-refractivity contribution in [2.75, 3.05) is 11.9 Å². The molecular weight excluding hydrogens is 222 g/mol. The fourth-order valence-electron chi connectivity index (χ4n) is 2.66. The lowest BCUT2D eigenvalue weighted by Crippen LogP contribution is -2.38. The summed E-state index contributed by atoms with van der Waals surface area (Å²) in [6, 6.07) is 8.52. The Hall–Kier alpha value is -1.02. The number of aliphatic hydroxyl groups is 1. The zero-order chi connectivity index (χ0) is 13.0. The Labute approximate surface area is 110 Å². The molecule has 0 aromatic heterocycles. The molecule has 0 spiro atoms. The second-order valence-electron chi connectivity index (χ2n) is 5.92. The highest BCUT2D eigenvalue weighted by Crippen LogP contribution is 2.28. The number of nitrogens with one attached hydrogen (secondary N) is 1. The van der Waals surface area contributed by atoms with Crippen LogP contribution in [0.5, 0.6) is 0 Å². The molecule has 0 heterocycles. The van der Waals surface area contributed by atoms with Gasteiger partial charge in [0.1, 0.15) is 0 Å². The minimum absolute atomic E-state index is 0.494. The van der Waals surface area contributed by atoms with Crippen LogP contribution in [0.3, 0.4) is 0 Å². The zero-order valence-electron chi connectivity index (χ0n) is 11.6. The van der Waals surface area contributed by atoms with Gasteiger partial charge in [-0.25, -0.2) is 0 Å². The Bertz CT molecular complexity index is 380. The first-order valence-electron chi connectivity index (χ1n) is 7.15. The number of hydrogen-bond acceptors (Lipinski definition) is 2. The maximum absolute atomic E-state index is 10.4. The molecule has 0 saturated heterocycles. The Balaban J connectivity index is 1.95. The van der Waals surface area contributed by atoms with Gasteiger partial charge < -0.3 is 10.4 Å². The molecule has 0 bridgehead atoms. The van der Waals surface area contributed by atoms with Crippen LogP contribution in [0.2, 0.25) is 0 Å². The lowest BCUT2D eigenvalue weighted by atomic mass is 9.85. The third kappa shape index (κ3) is 3.49. The van der Waals surface area contributed by atoms with Crippen molar-refractivity contribution in [3.8, 4) is 0 Å². The lowest BCUT2D eigenvalue weighted by Gasteiger charge is -2.32. The van der Waals surface area contributed by atoms with E-state index in [1.807, 2.05) is 0 Å². The van der Waals surface area contributed by atoms with Gasteiger partial charge in [-0.1, -0.05) is 45.2 Å². The first-order valence-corrected chi connectivity index (χ1v) is 7.15. The molecule has 0 atom stereocenters. The minimum Gasteiger partial charge on any atom is -0.388 e. The highest BCUT2D eigenvalue weighted by molar-refractivity contribution is 5.46. The molecule has 2 nitrogen and oxygen atoms in total. The summed E-state index contributed by atoms with van der Waals surface area (Å²) in [6.45, 7) is 5.08. The SMILES string of the molecule is CC(C)c1cccc(NCC2(O)CCCCC2)c1. The Kier molecular flexibility index (Phi) is 4.28. The van der Waals surface area contributed by atoms with Gasteiger partial charge in [0.25, 0.3) is 0 Å². The average molecular weight is 247 g/mol. The van der Waals surface area contributed by atoms with Crippen molar-refractivity contribution < 1.29 is 5.11 Å². The van der Waals surface area contributed by atoms with E-state index in [4.69, 9.17) is 0 Å². The van der Waals surface area contributed by atoms with E-state index in [9.17, 15) is 5.11 Å². The van der Waals surface area contributed by atoms with Crippen LogP contribution in [0.15, 0.2) is 24.3 Å². The number of hydrogen-bond donors (Lipinski definition) is 2. The van der Waals surface area contributed by atoms with Crippen LogP contribution in [0.25, 0.3) is 0 Å². The smallest absolute Gasteiger partial charge is 0.0819 e. The van der Waals surface area contributed by atoms with Crippen LogP contribution in [0.1, 0.15) is 57.4 Å². The minimum atomic E-state index is -0.494. The molecule has 1 fully saturated rings. The van der Waals surface area contributed by atoms with Gasteiger partial charge in [0.2, 0.25) is 0 Å². The van der Waals surface area contributed by atoms with E-state index in [0.717, 1.165) is 31.4 Å². The highest BCUT2D eigenvalue weighted by atomic mass is 16.3. The van der Waals surface area contributed by atoms with E-state index in [-0.39, 0.29) is 0 Å². The molecule has 18 heavy (non-hydrogen) atoms. The standard InChI is InChI=1S/C16H25NO/c1-13(2)14-7-6-8-15(11-14)17-12-16(18)9-4-3-5-10-16/h6-8,11,13,17-18H,3-5,9-10,12H2,1-2H3. The molecule has 2 rings (SSSR count). The van der Waals surface area contributed by atoms with Gasteiger partial charge in [-0.2, -0.15) is 0 Å². The lowest BCUT2D eigenvalue weighted by molar-refractivity contribution is 0.0167. The first kappa shape index (κ1) is 13.4. The summed E-state index contributed by atoms with van der Waals surface area (Å²) in [7, 11) is 0. The topological polar surface area (TPSA) is 32.3 Å². The largest absolute Gasteiger partial charge is 0.388 e. The van der Waals surface area contributed by atoms with E-state index in [1.165, 1.54) is 12.0 Å². The molecule has 1 aliphatic rings. The molecule has 1 aromatic rings. The van der Waals surface area contributed by atoms with Crippen LogP contribution in [-0.4, -0.2) is 17.3 Å². The Morgan fingerprint density at radius 2 is 1.94 bits per heavy atom. The molecule has 0 unspecified atom stereocenters. The van der Waals surface area contributed by atoms with E-state index in [0.29, 0.717) is 12.5 Å². The van der Waals surface area contributed by atoms with Gasteiger partial charge >= 0.3 is 0 Å². The number of benzene rings is 1. The van der Waals surface area contributed by atoms with E-state index < -0.39 is 5.60 Å². The quantitative estimate of drug-likeness (QED) is 0.845. The van der Waals surface area contributed by atoms with Crippen LogP contribution in [0, 0.1) is 0 Å². The number of rotatable bonds is 4. The summed E-state index contributed by atoms with van der Waals surface area (Å²) in [5.41, 5.74) is 1.97. The summed E-state index contributed by atoms with van der Waals surface area (Å²) >= 11 is 0. The van der Waals surface area contributed by atoms with Crippen LogP contribution >= 0.6 is 0 Å².